The van der Waals surface area contributed by atoms with Gasteiger partial charge >= 0.3 is 0 Å². The monoisotopic (exact) mass is 516 g/mol. The molecule has 1 amide bonds. The largest absolute Gasteiger partial charge is 0.507 e. The van der Waals surface area contributed by atoms with Crippen LogP contribution in [-0.4, -0.2) is 52.8 Å². The number of rotatable bonds is 10. The summed E-state index contributed by atoms with van der Waals surface area (Å²) in [6.07, 6.45) is 0. The maximum absolute atomic E-state index is 13.7. The minimum Gasteiger partial charge on any atom is -0.507 e. The number of aryl methyl sites for hydroxylation is 1. The number of carbonyl (C=O) groups is 2. The molecule has 3 aromatic carbocycles. The smallest absolute Gasteiger partial charge is 0.295 e. The molecule has 4 rings (SSSR count). The Morgan fingerprint density at radius 2 is 1.68 bits per heavy atom. The highest BCUT2D eigenvalue weighted by Gasteiger charge is 2.46. The fourth-order valence-electron chi connectivity index (χ4n) is 4.77. The van der Waals surface area contributed by atoms with Crippen molar-refractivity contribution in [2.75, 3.05) is 26.2 Å². The van der Waals surface area contributed by atoms with Crippen LogP contribution < -0.4 is 4.74 Å². The minimum absolute atomic E-state index is 0.00205. The molecule has 198 valence electrons. The normalized spacial score (nSPS) is 16.9. The van der Waals surface area contributed by atoms with E-state index in [1.54, 1.807) is 30.3 Å². The molecule has 1 aliphatic heterocycles. The van der Waals surface area contributed by atoms with Crippen LogP contribution in [0.25, 0.3) is 5.76 Å². The van der Waals surface area contributed by atoms with Crippen LogP contribution in [0.1, 0.15) is 42.1 Å². The van der Waals surface area contributed by atoms with Gasteiger partial charge in [-0.1, -0.05) is 56.3 Å². The van der Waals surface area contributed by atoms with Crippen molar-refractivity contribution in [2.45, 2.75) is 33.4 Å². The van der Waals surface area contributed by atoms with Crippen molar-refractivity contribution < 1.29 is 23.8 Å². The van der Waals surface area contributed by atoms with E-state index in [2.05, 4.69) is 4.90 Å². The lowest BCUT2D eigenvalue weighted by Gasteiger charge is -2.28. The third-order valence-electron chi connectivity index (χ3n) is 6.98. The summed E-state index contributed by atoms with van der Waals surface area (Å²) in [7, 11) is 0. The Hall–Kier alpha value is -3.97. The minimum atomic E-state index is -0.820. The molecule has 0 saturated carbocycles. The zero-order valence-corrected chi connectivity index (χ0v) is 22.0. The molecule has 0 aromatic heterocycles. The Morgan fingerprint density at radius 1 is 1.00 bits per heavy atom. The SMILES string of the molecule is CCN(CC)CCN1C(=O)C(=O)/C(=C(/O)c2ccc(OCc3ccccc3)cc2C)C1c1ccc(F)cc1. The van der Waals surface area contributed by atoms with Crippen molar-refractivity contribution in [1.29, 1.82) is 0 Å². The van der Waals surface area contributed by atoms with Gasteiger partial charge in [0.1, 0.15) is 23.9 Å². The number of ketones is 1. The highest BCUT2D eigenvalue weighted by Crippen LogP contribution is 2.40. The van der Waals surface area contributed by atoms with E-state index >= 15 is 0 Å². The van der Waals surface area contributed by atoms with Crippen LogP contribution in [0.3, 0.4) is 0 Å². The Bertz CT molecular complexity index is 1320. The number of amides is 1. The average Bonchev–Trinajstić information content (AvgIpc) is 3.18. The molecule has 0 aliphatic carbocycles. The van der Waals surface area contributed by atoms with E-state index in [4.69, 9.17) is 4.74 Å². The van der Waals surface area contributed by atoms with Crippen LogP contribution in [0, 0.1) is 12.7 Å². The number of hydrogen-bond acceptors (Lipinski definition) is 5. The maximum atomic E-state index is 13.7. The van der Waals surface area contributed by atoms with E-state index in [-0.39, 0.29) is 11.3 Å². The maximum Gasteiger partial charge on any atom is 0.295 e. The van der Waals surface area contributed by atoms with Crippen molar-refractivity contribution in [3.63, 3.8) is 0 Å². The zero-order valence-electron chi connectivity index (χ0n) is 22.0. The number of aliphatic hydroxyl groups excluding tert-OH is 1. The van der Waals surface area contributed by atoms with Crippen LogP contribution >= 0.6 is 0 Å². The van der Waals surface area contributed by atoms with Gasteiger partial charge in [-0.2, -0.15) is 0 Å². The first-order chi connectivity index (χ1) is 18.3. The van der Waals surface area contributed by atoms with Crippen molar-refractivity contribution in [3.05, 3.63) is 106 Å². The van der Waals surface area contributed by atoms with Gasteiger partial charge in [0.2, 0.25) is 0 Å². The number of aliphatic hydroxyl groups is 1. The van der Waals surface area contributed by atoms with Crippen molar-refractivity contribution in [1.82, 2.24) is 9.80 Å². The third-order valence-corrected chi connectivity index (χ3v) is 6.98. The van der Waals surface area contributed by atoms with E-state index in [0.717, 1.165) is 18.7 Å². The Labute approximate surface area is 223 Å². The van der Waals surface area contributed by atoms with E-state index in [1.165, 1.54) is 17.0 Å². The molecular weight excluding hydrogens is 483 g/mol. The molecule has 1 N–H and O–H groups in total. The van der Waals surface area contributed by atoms with Gasteiger partial charge in [-0.15, -0.1) is 0 Å². The predicted octanol–water partition coefficient (Wildman–Crippen LogP) is 5.48. The average molecular weight is 517 g/mol. The Morgan fingerprint density at radius 3 is 2.32 bits per heavy atom. The van der Waals surface area contributed by atoms with Crippen molar-refractivity contribution in [2.24, 2.45) is 0 Å². The van der Waals surface area contributed by atoms with Crippen molar-refractivity contribution in [3.8, 4) is 5.75 Å². The second kappa shape index (κ2) is 12.0. The summed E-state index contributed by atoms with van der Waals surface area (Å²) in [6.45, 7) is 8.76. The fourth-order valence-corrected chi connectivity index (χ4v) is 4.77. The van der Waals surface area contributed by atoms with Crippen LogP contribution in [0.4, 0.5) is 4.39 Å². The van der Waals surface area contributed by atoms with E-state index in [9.17, 15) is 19.1 Å². The number of nitrogens with zero attached hydrogens (tertiary/aromatic N) is 2. The van der Waals surface area contributed by atoms with E-state index < -0.39 is 23.5 Å². The molecule has 3 aromatic rings. The number of likely N-dealkylation sites (tertiary alicyclic amines) is 1. The van der Waals surface area contributed by atoms with Gasteiger partial charge in [-0.25, -0.2) is 4.39 Å². The fraction of sp³-hybridized carbons (Fsp3) is 0.290. The summed E-state index contributed by atoms with van der Waals surface area (Å²) in [5.74, 6) is -1.47. The molecule has 7 heteroatoms. The number of carbonyl (C=O) groups excluding carboxylic acids is 2. The number of ether oxygens (including phenoxy) is 1. The Kier molecular flexibility index (Phi) is 8.59. The molecule has 0 spiro atoms. The molecule has 1 aliphatic rings. The number of hydrogen-bond donors (Lipinski definition) is 1. The molecule has 1 atom stereocenters. The molecule has 1 fully saturated rings. The van der Waals surface area contributed by atoms with Crippen molar-refractivity contribution >= 4 is 17.4 Å². The summed E-state index contributed by atoms with van der Waals surface area (Å²) < 4.78 is 19.6. The number of likely N-dealkylation sites (N-methyl/N-ethyl adjacent to an activating group) is 1. The van der Waals surface area contributed by atoms with Gasteiger partial charge in [-0.3, -0.25) is 9.59 Å². The lowest BCUT2D eigenvalue weighted by molar-refractivity contribution is -0.140. The summed E-state index contributed by atoms with van der Waals surface area (Å²) in [5.41, 5.74) is 2.72. The van der Waals surface area contributed by atoms with Crippen LogP contribution in [0.15, 0.2) is 78.4 Å². The quantitative estimate of drug-likeness (QED) is 0.220. The first kappa shape index (κ1) is 27.1. The first-order valence-corrected chi connectivity index (χ1v) is 12.9. The van der Waals surface area contributed by atoms with Gasteiger partial charge in [0.15, 0.2) is 0 Å². The van der Waals surface area contributed by atoms with Gasteiger partial charge < -0.3 is 19.6 Å². The standard InChI is InChI=1S/C31H33FN2O4/c1-4-33(5-2)17-18-34-28(23-11-13-24(32)14-12-23)27(30(36)31(34)37)29(35)26-16-15-25(19-21(26)3)38-20-22-9-7-6-8-10-22/h6-16,19,28,35H,4-5,17-18,20H2,1-3H3/b29-27+. The second-order valence-electron chi connectivity index (χ2n) is 9.32. The first-order valence-electron chi connectivity index (χ1n) is 12.9. The second-order valence-corrected chi connectivity index (χ2v) is 9.32. The predicted molar refractivity (Wildman–Crippen MR) is 145 cm³/mol. The summed E-state index contributed by atoms with van der Waals surface area (Å²) in [4.78, 5) is 30.1. The van der Waals surface area contributed by atoms with Crippen LogP contribution in [0.2, 0.25) is 0 Å². The zero-order chi connectivity index (χ0) is 27.2. The van der Waals surface area contributed by atoms with Crippen LogP contribution in [-0.2, 0) is 16.2 Å². The molecule has 6 nitrogen and oxygen atoms in total. The van der Waals surface area contributed by atoms with E-state index in [1.807, 2.05) is 51.1 Å². The van der Waals surface area contributed by atoms with Gasteiger partial charge in [0.25, 0.3) is 11.7 Å². The molecule has 0 bridgehead atoms. The molecule has 1 heterocycles. The topological polar surface area (TPSA) is 70.1 Å². The van der Waals surface area contributed by atoms with Gasteiger partial charge in [-0.05, 0) is 67.0 Å². The summed E-state index contributed by atoms with van der Waals surface area (Å²) in [6, 6.07) is 19.9. The highest BCUT2D eigenvalue weighted by molar-refractivity contribution is 6.46. The number of benzene rings is 3. The molecule has 1 unspecified atom stereocenters. The van der Waals surface area contributed by atoms with Gasteiger partial charge in [0, 0.05) is 18.7 Å². The lowest BCUT2D eigenvalue weighted by Crippen LogP contribution is -2.38. The third kappa shape index (κ3) is 5.78. The number of halogens is 1. The summed E-state index contributed by atoms with van der Waals surface area (Å²) >= 11 is 0. The van der Waals surface area contributed by atoms with Crippen LogP contribution in [0.5, 0.6) is 5.75 Å². The van der Waals surface area contributed by atoms with Gasteiger partial charge in [0.05, 0.1) is 11.6 Å². The van der Waals surface area contributed by atoms with E-state index in [0.29, 0.717) is 42.1 Å². The highest BCUT2D eigenvalue weighted by atomic mass is 19.1. The molecular formula is C31H33FN2O4. The lowest BCUT2D eigenvalue weighted by atomic mass is 9.94. The molecule has 1 saturated heterocycles. The Balaban J connectivity index is 1.69. The molecule has 38 heavy (non-hydrogen) atoms. The summed E-state index contributed by atoms with van der Waals surface area (Å²) in [5, 5.41) is 11.4. The molecule has 0 radical (unpaired) electrons. The number of Topliss-reactive ketones (excluding diaryl/α,β-unsaturated/α-hetero) is 1.